The van der Waals surface area contributed by atoms with Gasteiger partial charge in [-0.3, -0.25) is 4.98 Å². The monoisotopic (exact) mass is 403 g/mol. The predicted molar refractivity (Wildman–Crippen MR) is 115 cm³/mol. The molecule has 0 spiro atoms. The van der Waals surface area contributed by atoms with E-state index in [1.165, 1.54) is 51.4 Å². The van der Waals surface area contributed by atoms with Crippen LogP contribution < -0.4 is 10.6 Å². The molecule has 28 heavy (non-hydrogen) atoms. The first-order valence-electron chi connectivity index (χ1n) is 10.3. The average molecular weight is 404 g/mol. The van der Waals surface area contributed by atoms with Crippen LogP contribution in [0.1, 0.15) is 51.4 Å². The van der Waals surface area contributed by atoms with Crippen LogP contribution in [0, 0.1) is 0 Å². The van der Waals surface area contributed by atoms with Gasteiger partial charge in [0.25, 0.3) is 0 Å². The van der Waals surface area contributed by atoms with Crippen LogP contribution in [0.5, 0.6) is 0 Å². The quantitative estimate of drug-likeness (QED) is 0.734. The lowest BCUT2D eigenvalue weighted by molar-refractivity contribution is 0.0968. The fourth-order valence-corrected chi connectivity index (χ4v) is 3.67. The van der Waals surface area contributed by atoms with Gasteiger partial charge in [0.15, 0.2) is 0 Å². The molecule has 2 aliphatic rings. The van der Waals surface area contributed by atoms with Gasteiger partial charge in [0.05, 0.1) is 23.1 Å². The zero-order valence-corrected chi connectivity index (χ0v) is 17.3. The van der Waals surface area contributed by atoms with Crippen molar-refractivity contribution in [3.63, 3.8) is 0 Å². The minimum atomic E-state index is 0.505. The number of aromatic nitrogens is 3. The Balaban J connectivity index is 0.000000320. The van der Waals surface area contributed by atoms with E-state index in [1.54, 1.807) is 18.6 Å². The van der Waals surface area contributed by atoms with Gasteiger partial charge in [0.1, 0.15) is 11.6 Å². The van der Waals surface area contributed by atoms with Crippen molar-refractivity contribution in [2.24, 2.45) is 0 Å². The lowest BCUT2D eigenvalue weighted by atomic mass is 9.95. The Morgan fingerprint density at radius 3 is 2.36 bits per heavy atom. The summed E-state index contributed by atoms with van der Waals surface area (Å²) >= 11 is 6.29. The Labute approximate surface area is 172 Å². The Kier molecular flexibility index (Phi) is 8.30. The lowest BCUT2D eigenvalue weighted by Crippen LogP contribution is -2.22. The minimum Gasteiger partial charge on any atom is -0.381 e. The highest BCUT2D eigenvalue weighted by atomic mass is 35.5. The van der Waals surface area contributed by atoms with Crippen LogP contribution in [0.15, 0.2) is 24.7 Å². The summed E-state index contributed by atoms with van der Waals surface area (Å²) in [6.45, 7) is 2.00. The first-order chi connectivity index (χ1) is 13.8. The van der Waals surface area contributed by atoms with Gasteiger partial charge in [-0.2, -0.15) is 0 Å². The molecule has 4 rings (SSSR count). The third kappa shape index (κ3) is 6.31. The highest BCUT2D eigenvalue weighted by Gasteiger charge is 2.15. The van der Waals surface area contributed by atoms with Gasteiger partial charge >= 0.3 is 0 Å². The van der Waals surface area contributed by atoms with Gasteiger partial charge in [-0.05, 0) is 38.2 Å². The smallest absolute Gasteiger partial charge is 0.144 e. The standard InChI is InChI=1S/C16H20ClN5.C5H10O/c1-18-16-10-19-9-14(22-16)12-7-15(20-8-13(12)17)21-11-5-3-2-4-6-11;1-2-4-6-5-3-1/h7-11H,2-6H2,1H3,(H,18,22)(H,20,21);1-5H2. The van der Waals surface area contributed by atoms with E-state index in [-0.39, 0.29) is 0 Å². The highest BCUT2D eigenvalue weighted by molar-refractivity contribution is 6.33. The molecule has 2 aromatic heterocycles. The molecule has 0 atom stereocenters. The largest absolute Gasteiger partial charge is 0.381 e. The van der Waals surface area contributed by atoms with E-state index < -0.39 is 0 Å². The predicted octanol–water partition coefficient (Wildman–Crippen LogP) is 5.17. The summed E-state index contributed by atoms with van der Waals surface area (Å²) in [6, 6.07) is 2.46. The molecular weight excluding hydrogens is 374 g/mol. The number of nitrogens with one attached hydrogen (secondary N) is 2. The van der Waals surface area contributed by atoms with Crippen molar-refractivity contribution in [2.75, 3.05) is 30.9 Å². The second kappa shape index (κ2) is 11.2. The Hall–Kier alpha value is -1.92. The SMILES string of the molecule is C1CCOCC1.CNc1cncc(-c2cc(NC3CCCCC3)ncc2Cl)n1. The molecule has 1 saturated carbocycles. The maximum absolute atomic E-state index is 6.29. The van der Waals surface area contributed by atoms with Crippen LogP contribution in [-0.2, 0) is 4.74 Å². The molecule has 0 aromatic carbocycles. The molecule has 1 aliphatic carbocycles. The van der Waals surface area contributed by atoms with Crippen molar-refractivity contribution >= 4 is 23.2 Å². The molecule has 152 valence electrons. The van der Waals surface area contributed by atoms with Gasteiger partial charge in [-0.25, -0.2) is 9.97 Å². The van der Waals surface area contributed by atoms with Crippen molar-refractivity contribution in [2.45, 2.75) is 57.4 Å². The van der Waals surface area contributed by atoms with Crippen molar-refractivity contribution in [3.8, 4) is 11.3 Å². The summed E-state index contributed by atoms with van der Waals surface area (Å²) in [5.74, 6) is 1.56. The second-order valence-electron chi connectivity index (χ2n) is 7.24. The van der Waals surface area contributed by atoms with Crippen LogP contribution in [0.2, 0.25) is 5.02 Å². The van der Waals surface area contributed by atoms with Crippen molar-refractivity contribution in [3.05, 3.63) is 29.7 Å². The molecule has 1 saturated heterocycles. The van der Waals surface area contributed by atoms with Crippen LogP contribution >= 0.6 is 11.6 Å². The van der Waals surface area contributed by atoms with E-state index in [2.05, 4.69) is 25.6 Å². The van der Waals surface area contributed by atoms with Gasteiger partial charge < -0.3 is 15.4 Å². The number of pyridine rings is 1. The number of ether oxygens (including phenoxy) is 1. The zero-order valence-electron chi connectivity index (χ0n) is 16.6. The number of rotatable bonds is 4. The number of nitrogens with zero attached hydrogens (tertiary/aromatic N) is 3. The summed E-state index contributed by atoms with van der Waals surface area (Å²) in [5.41, 5.74) is 1.59. The van der Waals surface area contributed by atoms with E-state index >= 15 is 0 Å². The molecule has 2 aromatic rings. The molecule has 7 heteroatoms. The van der Waals surface area contributed by atoms with Gasteiger partial charge in [0, 0.05) is 38.1 Å². The Morgan fingerprint density at radius 1 is 0.964 bits per heavy atom. The number of halogens is 1. The Bertz CT molecular complexity index is 721. The normalized spacial score (nSPS) is 17.4. The fraction of sp³-hybridized carbons (Fsp3) is 0.571. The summed E-state index contributed by atoms with van der Waals surface area (Å²) in [7, 11) is 1.82. The minimum absolute atomic E-state index is 0.505. The molecule has 0 amide bonds. The molecule has 2 fully saturated rings. The first-order valence-corrected chi connectivity index (χ1v) is 10.6. The van der Waals surface area contributed by atoms with E-state index in [9.17, 15) is 0 Å². The van der Waals surface area contributed by atoms with Crippen LogP contribution in [0.3, 0.4) is 0 Å². The van der Waals surface area contributed by atoms with Crippen LogP contribution in [-0.4, -0.2) is 41.3 Å². The fourth-order valence-electron chi connectivity index (χ4n) is 3.47. The topological polar surface area (TPSA) is 72.0 Å². The maximum atomic E-state index is 6.29. The summed E-state index contributed by atoms with van der Waals surface area (Å²) in [5, 5.41) is 7.08. The molecule has 0 bridgehead atoms. The van der Waals surface area contributed by atoms with Crippen molar-refractivity contribution < 1.29 is 4.74 Å². The van der Waals surface area contributed by atoms with Crippen LogP contribution in [0.4, 0.5) is 11.6 Å². The molecular formula is C21H30ClN5O. The first kappa shape index (κ1) is 20.8. The lowest BCUT2D eigenvalue weighted by Gasteiger charge is -2.23. The van der Waals surface area contributed by atoms with Gasteiger partial charge in [0.2, 0.25) is 0 Å². The molecule has 0 radical (unpaired) electrons. The van der Waals surface area contributed by atoms with Gasteiger partial charge in [-0.15, -0.1) is 0 Å². The highest BCUT2D eigenvalue weighted by Crippen LogP contribution is 2.29. The average Bonchev–Trinajstić information content (AvgIpc) is 2.77. The molecule has 3 heterocycles. The molecule has 0 unspecified atom stereocenters. The van der Waals surface area contributed by atoms with Gasteiger partial charge in [-0.1, -0.05) is 30.9 Å². The van der Waals surface area contributed by atoms with E-state index in [0.717, 1.165) is 30.3 Å². The van der Waals surface area contributed by atoms with Crippen molar-refractivity contribution in [1.82, 2.24) is 15.0 Å². The van der Waals surface area contributed by atoms with Crippen molar-refractivity contribution in [1.29, 1.82) is 0 Å². The number of anilines is 2. The number of hydrogen-bond donors (Lipinski definition) is 2. The van der Waals surface area contributed by atoms with E-state index in [1.807, 2.05) is 13.1 Å². The molecule has 1 aliphatic heterocycles. The second-order valence-corrected chi connectivity index (χ2v) is 7.65. The zero-order chi connectivity index (χ0) is 19.6. The third-order valence-electron chi connectivity index (χ3n) is 5.06. The van der Waals surface area contributed by atoms with E-state index in [4.69, 9.17) is 16.3 Å². The molecule has 6 nitrogen and oxygen atoms in total. The molecule has 2 N–H and O–H groups in total. The number of hydrogen-bond acceptors (Lipinski definition) is 6. The Morgan fingerprint density at radius 2 is 1.71 bits per heavy atom. The summed E-state index contributed by atoms with van der Waals surface area (Å²) in [6.07, 6.45) is 15.3. The summed E-state index contributed by atoms with van der Waals surface area (Å²) < 4.78 is 5.07. The van der Waals surface area contributed by atoms with Crippen LogP contribution in [0.25, 0.3) is 11.3 Å². The third-order valence-corrected chi connectivity index (χ3v) is 5.36. The summed E-state index contributed by atoms with van der Waals surface area (Å²) in [4.78, 5) is 13.1. The maximum Gasteiger partial charge on any atom is 0.144 e. The van der Waals surface area contributed by atoms with E-state index in [0.29, 0.717) is 16.9 Å².